The largest absolute Gasteiger partial charge is 0.316 e. The molecule has 1 aliphatic heterocycles. The Morgan fingerprint density at radius 2 is 2.29 bits per heavy atom. The molecule has 0 aliphatic carbocycles. The fraction of sp³-hybridized carbons (Fsp3) is 0.588. The van der Waals surface area contributed by atoms with Crippen molar-refractivity contribution in [3.8, 4) is 6.07 Å². The van der Waals surface area contributed by atoms with Gasteiger partial charge in [-0.3, -0.25) is 4.90 Å². The number of benzene rings is 1. The Morgan fingerprint density at radius 1 is 1.48 bits per heavy atom. The molecule has 21 heavy (non-hydrogen) atoms. The number of piperidine rings is 1. The van der Waals surface area contributed by atoms with E-state index in [1.807, 2.05) is 6.07 Å². The molecule has 0 spiro atoms. The molecule has 1 aromatic rings. The fourth-order valence-electron chi connectivity index (χ4n) is 2.83. The van der Waals surface area contributed by atoms with Gasteiger partial charge in [0.15, 0.2) is 0 Å². The summed E-state index contributed by atoms with van der Waals surface area (Å²) in [5.74, 6) is 0.365. The first-order valence-corrected chi connectivity index (χ1v) is 7.73. The van der Waals surface area contributed by atoms with Crippen molar-refractivity contribution in [3.05, 3.63) is 35.1 Å². The van der Waals surface area contributed by atoms with Gasteiger partial charge in [0.25, 0.3) is 0 Å². The molecule has 1 aromatic carbocycles. The Hall–Kier alpha value is -1.44. The van der Waals surface area contributed by atoms with Gasteiger partial charge in [0.05, 0.1) is 11.6 Å². The van der Waals surface area contributed by atoms with Crippen molar-refractivity contribution in [2.24, 2.45) is 5.92 Å². The standard InChI is InChI=1S/C17H24FN3/c1-13(2)21(11-15-4-3-7-20-10-15)12-16-6-5-14(9-19)8-17(16)18/h5-6,8,13,15,20H,3-4,7,10-12H2,1-2H3. The molecule has 1 atom stereocenters. The molecule has 114 valence electrons. The number of hydrogen-bond donors (Lipinski definition) is 1. The summed E-state index contributed by atoms with van der Waals surface area (Å²) in [5.41, 5.74) is 1.05. The molecule has 0 aromatic heterocycles. The average molecular weight is 289 g/mol. The van der Waals surface area contributed by atoms with Gasteiger partial charge in [0, 0.05) is 24.7 Å². The van der Waals surface area contributed by atoms with Gasteiger partial charge in [-0.05, 0) is 57.8 Å². The average Bonchev–Trinajstić information content (AvgIpc) is 2.49. The molecule has 1 unspecified atom stereocenters. The van der Waals surface area contributed by atoms with E-state index in [4.69, 9.17) is 5.26 Å². The summed E-state index contributed by atoms with van der Waals surface area (Å²) >= 11 is 0. The highest BCUT2D eigenvalue weighted by atomic mass is 19.1. The molecule has 1 saturated heterocycles. The van der Waals surface area contributed by atoms with E-state index in [1.54, 1.807) is 12.1 Å². The van der Waals surface area contributed by atoms with Crippen LogP contribution in [0.4, 0.5) is 4.39 Å². The molecule has 0 amide bonds. The van der Waals surface area contributed by atoms with Crippen molar-refractivity contribution in [1.82, 2.24) is 10.2 Å². The maximum Gasteiger partial charge on any atom is 0.129 e. The number of nitrogens with zero attached hydrogens (tertiary/aromatic N) is 2. The van der Waals surface area contributed by atoms with Gasteiger partial charge in [0.1, 0.15) is 5.82 Å². The first-order valence-electron chi connectivity index (χ1n) is 7.73. The van der Waals surface area contributed by atoms with Crippen LogP contribution < -0.4 is 5.32 Å². The zero-order valence-electron chi connectivity index (χ0n) is 12.9. The molecular formula is C17H24FN3. The molecule has 4 heteroatoms. The number of hydrogen-bond acceptors (Lipinski definition) is 3. The number of rotatable bonds is 5. The molecule has 0 radical (unpaired) electrons. The topological polar surface area (TPSA) is 39.1 Å². The lowest BCUT2D eigenvalue weighted by molar-refractivity contribution is 0.162. The Labute approximate surface area is 126 Å². The first kappa shape index (κ1) is 15.9. The van der Waals surface area contributed by atoms with Gasteiger partial charge in [-0.15, -0.1) is 0 Å². The van der Waals surface area contributed by atoms with Gasteiger partial charge in [-0.25, -0.2) is 4.39 Å². The first-order chi connectivity index (χ1) is 10.1. The zero-order chi connectivity index (χ0) is 15.2. The highest BCUT2D eigenvalue weighted by Crippen LogP contribution is 2.18. The molecule has 0 bridgehead atoms. The van der Waals surface area contributed by atoms with Crippen LogP contribution in [0.2, 0.25) is 0 Å². The minimum atomic E-state index is -0.276. The van der Waals surface area contributed by atoms with E-state index in [9.17, 15) is 4.39 Å². The van der Waals surface area contributed by atoms with Gasteiger partial charge in [-0.2, -0.15) is 5.26 Å². The third-order valence-corrected chi connectivity index (χ3v) is 4.18. The van der Waals surface area contributed by atoms with Crippen molar-refractivity contribution in [1.29, 1.82) is 5.26 Å². The predicted octanol–water partition coefficient (Wildman–Crippen LogP) is 2.91. The summed E-state index contributed by atoms with van der Waals surface area (Å²) in [4.78, 5) is 2.32. The molecule has 3 nitrogen and oxygen atoms in total. The van der Waals surface area contributed by atoms with E-state index in [2.05, 4.69) is 24.1 Å². The molecule has 1 heterocycles. The summed E-state index contributed by atoms with van der Waals surface area (Å²) in [6, 6.07) is 7.11. The van der Waals surface area contributed by atoms with Crippen LogP contribution in [0.5, 0.6) is 0 Å². The van der Waals surface area contributed by atoms with Crippen LogP contribution in [0.1, 0.15) is 37.8 Å². The molecular weight excluding hydrogens is 265 g/mol. The highest BCUT2D eigenvalue weighted by Gasteiger charge is 2.20. The quantitative estimate of drug-likeness (QED) is 0.906. The SMILES string of the molecule is CC(C)N(Cc1ccc(C#N)cc1F)CC1CCCNC1. The lowest BCUT2D eigenvalue weighted by Gasteiger charge is -2.33. The zero-order valence-corrected chi connectivity index (χ0v) is 12.9. The monoisotopic (exact) mass is 289 g/mol. The van der Waals surface area contributed by atoms with Crippen LogP contribution >= 0.6 is 0 Å². The van der Waals surface area contributed by atoms with Crippen LogP contribution in [0.25, 0.3) is 0 Å². The second-order valence-corrected chi connectivity index (χ2v) is 6.15. The molecule has 1 aliphatic rings. The van der Waals surface area contributed by atoms with Crippen LogP contribution in [0.15, 0.2) is 18.2 Å². The van der Waals surface area contributed by atoms with E-state index < -0.39 is 0 Å². The van der Waals surface area contributed by atoms with Crippen LogP contribution in [0.3, 0.4) is 0 Å². The van der Waals surface area contributed by atoms with Crippen LogP contribution in [0, 0.1) is 23.1 Å². The molecule has 0 saturated carbocycles. The molecule has 1 N–H and O–H groups in total. The maximum absolute atomic E-state index is 14.0. The Morgan fingerprint density at radius 3 is 2.86 bits per heavy atom. The van der Waals surface area contributed by atoms with E-state index >= 15 is 0 Å². The summed E-state index contributed by atoms with van der Waals surface area (Å²) in [5, 5.41) is 12.2. The van der Waals surface area contributed by atoms with Gasteiger partial charge in [0.2, 0.25) is 0 Å². The fourth-order valence-corrected chi connectivity index (χ4v) is 2.83. The number of nitrogens with one attached hydrogen (secondary N) is 1. The van der Waals surface area contributed by atoms with Crippen molar-refractivity contribution in [2.45, 2.75) is 39.3 Å². The Kier molecular flexibility index (Phi) is 5.72. The van der Waals surface area contributed by atoms with E-state index in [0.717, 1.165) is 19.6 Å². The second-order valence-electron chi connectivity index (χ2n) is 6.15. The van der Waals surface area contributed by atoms with Gasteiger partial charge < -0.3 is 5.32 Å². The highest BCUT2D eigenvalue weighted by molar-refractivity contribution is 5.32. The predicted molar refractivity (Wildman–Crippen MR) is 82.3 cm³/mol. The summed E-state index contributed by atoms with van der Waals surface area (Å²) in [6.07, 6.45) is 2.47. The minimum absolute atomic E-state index is 0.276. The molecule has 1 fully saturated rings. The lowest BCUT2D eigenvalue weighted by Crippen LogP contribution is -2.40. The second kappa shape index (κ2) is 7.53. The summed E-state index contributed by atoms with van der Waals surface area (Å²) < 4.78 is 14.0. The van der Waals surface area contributed by atoms with Crippen molar-refractivity contribution in [2.75, 3.05) is 19.6 Å². The Balaban J connectivity index is 2.03. The minimum Gasteiger partial charge on any atom is -0.316 e. The Bertz CT molecular complexity index is 501. The number of nitriles is 1. The van der Waals surface area contributed by atoms with Crippen LogP contribution in [-0.4, -0.2) is 30.6 Å². The summed E-state index contributed by atoms with van der Waals surface area (Å²) in [7, 11) is 0. The van der Waals surface area contributed by atoms with Crippen LogP contribution in [-0.2, 0) is 6.54 Å². The number of halogens is 1. The van der Waals surface area contributed by atoms with E-state index in [0.29, 0.717) is 29.6 Å². The van der Waals surface area contributed by atoms with Crippen molar-refractivity contribution >= 4 is 0 Å². The van der Waals surface area contributed by atoms with Gasteiger partial charge >= 0.3 is 0 Å². The van der Waals surface area contributed by atoms with Crippen molar-refractivity contribution in [3.63, 3.8) is 0 Å². The third kappa shape index (κ3) is 4.52. The normalized spacial score (nSPS) is 19.0. The van der Waals surface area contributed by atoms with E-state index in [1.165, 1.54) is 18.9 Å². The summed E-state index contributed by atoms with van der Waals surface area (Å²) in [6.45, 7) is 8.06. The van der Waals surface area contributed by atoms with Crippen molar-refractivity contribution < 1.29 is 4.39 Å². The third-order valence-electron chi connectivity index (χ3n) is 4.18. The smallest absolute Gasteiger partial charge is 0.129 e. The van der Waals surface area contributed by atoms with Gasteiger partial charge in [-0.1, -0.05) is 6.07 Å². The van der Waals surface area contributed by atoms with E-state index in [-0.39, 0.29) is 5.82 Å². The maximum atomic E-state index is 14.0. The molecule has 2 rings (SSSR count). The lowest BCUT2D eigenvalue weighted by atomic mass is 9.98.